The summed E-state index contributed by atoms with van der Waals surface area (Å²) in [7, 11) is 0. The summed E-state index contributed by atoms with van der Waals surface area (Å²) in [6, 6.07) is 7.84. The van der Waals surface area contributed by atoms with Crippen molar-refractivity contribution in [1.82, 2.24) is 5.32 Å². The second-order valence-electron chi connectivity index (χ2n) is 15.0. The first-order valence-corrected chi connectivity index (χ1v) is 16.6. The molecule has 3 saturated carbocycles. The molecule has 0 radical (unpaired) electrons. The van der Waals surface area contributed by atoms with E-state index in [0.29, 0.717) is 12.0 Å². The summed E-state index contributed by atoms with van der Waals surface area (Å²) in [4.78, 5) is 12.6. The van der Waals surface area contributed by atoms with E-state index in [-0.39, 0.29) is 17.6 Å². The third-order valence-corrected chi connectivity index (χ3v) is 12.2. The van der Waals surface area contributed by atoms with E-state index in [1.165, 1.54) is 56.9 Å². The molecule has 3 fully saturated rings. The molecule has 0 bridgehead atoms. The number of anilines is 1. The van der Waals surface area contributed by atoms with Crippen LogP contribution in [0.2, 0.25) is 0 Å². The Morgan fingerprint density at radius 1 is 1.02 bits per heavy atom. The van der Waals surface area contributed by atoms with Crippen molar-refractivity contribution in [2.75, 3.05) is 12.3 Å². The second kappa shape index (κ2) is 12.1. The molecule has 4 aliphatic carbocycles. The molecule has 40 heavy (non-hydrogen) atoms. The van der Waals surface area contributed by atoms with Crippen LogP contribution < -0.4 is 11.1 Å². The number of hydrogen-bond donors (Lipinski definition) is 2. The Morgan fingerprint density at radius 2 is 1.80 bits per heavy atom. The topological polar surface area (TPSA) is 64.3 Å². The average Bonchev–Trinajstić information content (AvgIpc) is 3.27. The molecule has 4 aliphatic rings. The van der Waals surface area contributed by atoms with Crippen LogP contribution in [0.5, 0.6) is 0 Å². The van der Waals surface area contributed by atoms with Gasteiger partial charge in [-0.25, -0.2) is 4.79 Å². The molecule has 4 nitrogen and oxygen atoms in total. The van der Waals surface area contributed by atoms with Crippen molar-refractivity contribution in [3.05, 3.63) is 41.5 Å². The molecular weight excluding hydrogens is 492 g/mol. The Bertz CT molecular complexity index is 1050. The molecule has 1 aromatic carbocycles. The highest BCUT2D eigenvalue weighted by molar-refractivity contribution is 5.67. The van der Waals surface area contributed by atoms with Crippen LogP contribution in [-0.2, 0) is 11.2 Å². The standard InChI is InChI=1S/C36H56N2O2/c1-24(2)7-6-8-25(3)31-15-16-32-30-14-11-27-23-29(17-20-35(27,4)33(30)18-21-36(31,32)5)40-34(39)38-22-19-26-9-12-28(37)13-10-26/h9-13,24-25,29-33H,6-8,14-23,37H2,1-5H3,(H,38,39). The van der Waals surface area contributed by atoms with E-state index in [0.717, 1.165) is 66.9 Å². The summed E-state index contributed by atoms with van der Waals surface area (Å²) < 4.78 is 5.94. The lowest BCUT2D eigenvalue weighted by atomic mass is 9.47. The Hall–Kier alpha value is -1.97. The molecule has 0 aromatic heterocycles. The minimum Gasteiger partial charge on any atom is -0.446 e. The summed E-state index contributed by atoms with van der Waals surface area (Å²) in [6.07, 6.45) is 17.3. The quantitative estimate of drug-likeness (QED) is 0.239. The van der Waals surface area contributed by atoms with Crippen LogP contribution in [0, 0.1) is 46.3 Å². The molecule has 0 aliphatic heterocycles. The summed E-state index contributed by atoms with van der Waals surface area (Å²) in [5.74, 6) is 5.13. The van der Waals surface area contributed by atoms with Gasteiger partial charge in [-0.1, -0.05) is 77.7 Å². The number of carbonyl (C=O) groups is 1. The second-order valence-corrected chi connectivity index (χ2v) is 15.0. The monoisotopic (exact) mass is 548 g/mol. The van der Waals surface area contributed by atoms with Crippen molar-refractivity contribution >= 4 is 11.8 Å². The van der Waals surface area contributed by atoms with E-state index >= 15 is 0 Å². The largest absolute Gasteiger partial charge is 0.446 e. The zero-order valence-electron chi connectivity index (χ0n) is 26.0. The number of nitrogens with two attached hydrogens (primary N) is 1. The van der Waals surface area contributed by atoms with Crippen LogP contribution in [-0.4, -0.2) is 18.7 Å². The maximum absolute atomic E-state index is 12.6. The van der Waals surface area contributed by atoms with E-state index < -0.39 is 0 Å². The number of allylic oxidation sites excluding steroid dienone is 1. The minimum absolute atomic E-state index is 0.00352. The van der Waals surface area contributed by atoms with E-state index in [1.54, 1.807) is 5.57 Å². The van der Waals surface area contributed by atoms with Gasteiger partial charge in [0.2, 0.25) is 0 Å². The Labute approximate surface area is 244 Å². The van der Waals surface area contributed by atoms with Gasteiger partial charge in [0.15, 0.2) is 0 Å². The number of nitrogen functional groups attached to an aromatic ring is 1. The third-order valence-electron chi connectivity index (χ3n) is 12.2. The molecule has 1 amide bonds. The van der Waals surface area contributed by atoms with Crippen molar-refractivity contribution in [1.29, 1.82) is 0 Å². The molecule has 5 rings (SSSR count). The Balaban J connectivity index is 1.15. The summed E-state index contributed by atoms with van der Waals surface area (Å²) in [6.45, 7) is 13.1. The van der Waals surface area contributed by atoms with Crippen molar-refractivity contribution in [3.8, 4) is 0 Å². The van der Waals surface area contributed by atoms with Gasteiger partial charge in [-0.05, 0) is 115 Å². The third kappa shape index (κ3) is 5.97. The highest BCUT2D eigenvalue weighted by Gasteiger charge is 2.59. The van der Waals surface area contributed by atoms with Gasteiger partial charge in [-0.15, -0.1) is 0 Å². The van der Waals surface area contributed by atoms with Crippen molar-refractivity contribution < 1.29 is 9.53 Å². The van der Waals surface area contributed by atoms with Gasteiger partial charge < -0.3 is 15.8 Å². The van der Waals surface area contributed by atoms with Gasteiger partial charge in [-0.2, -0.15) is 0 Å². The fraction of sp³-hybridized carbons (Fsp3) is 0.750. The summed E-state index contributed by atoms with van der Waals surface area (Å²) in [5, 5.41) is 2.97. The van der Waals surface area contributed by atoms with Gasteiger partial charge >= 0.3 is 6.09 Å². The molecule has 222 valence electrons. The van der Waals surface area contributed by atoms with Gasteiger partial charge in [0.1, 0.15) is 6.10 Å². The zero-order chi connectivity index (χ0) is 28.5. The summed E-state index contributed by atoms with van der Waals surface area (Å²) in [5.41, 5.74) is 10.1. The molecule has 0 spiro atoms. The highest BCUT2D eigenvalue weighted by atomic mass is 16.6. The fourth-order valence-corrected chi connectivity index (χ4v) is 9.94. The molecular formula is C36H56N2O2. The first-order chi connectivity index (χ1) is 19.1. The first-order valence-electron chi connectivity index (χ1n) is 16.6. The smallest absolute Gasteiger partial charge is 0.407 e. The normalized spacial score (nSPS) is 35.8. The average molecular weight is 549 g/mol. The van der Waals surface area contributed by atoms with Crippen LogP contribution in [0.3, 0.4) is 0 Å². The number of nitrogens with one attached hydrogen (secondary N) is 1. The maximum Gasteiger partial charge on any atom is 0.407 e. The van der Waals surface area contributed by atoms with Crippen molar-refractivity contribution in [2.45, 2.75) is 118 Å². The maximum atomic E-state index is 12.6. The molecule has 8 unspecified atom stereocenters. The van der Waals surface area contributed by atoms with Gasteiger partial charge in [0.05, 0.1) is 0 Å². The van der Waals surface area contributed by atoms with Crippen LogP contribution in [0.25, 0.3) is 0 Å². The number of amides is 1. The zero-order valence-corrected chi connectivity index (χ0v) is 26.0. The minimum atomic E-state index is -0.272. The summed E-state index contributed by atoms with van der Waals surface area (Å²) >= 11 is 0. The van der Waals surface area contributed by atoms with Crippen molar-refractivity contribution in [3.63, 3.8) is 0 Å². The van der Waals surface area contributed by atoms with Crippen LogP contribution in [0.15, 0.2) is 35.9 Å². The van der Waals surface area contributed by atoms with Crippen LogP contribution in [0.1, 0.15) is 111 Å². The lowest BCUT2D eigenvalue weighted by Gasteiger charge is -2.58. The Kier molecular flexibility index (Phi) is 8.93. The number of carbonyl (C=O) groups excluding carboxylic acids is 1. The fourth-order valence-electron chi connectivity index (χ4n) is 9.94. The number of benzene rings is 1. The predicted octanol–water partition coefficient (Wildman–Crippen LogP) is 8.95. The predicted molar refractivity (Wildman–Crippen MR) is 166 cm³/mol. The molecule has 3 N–H and O–H groups in total. The first kappa shape index (κ1) is 29.5. The highest BCUT2D eigenvalue weighted by Crippen LogP contribution is 2.67. The number of hydrogen-bond acceptors (Lipinski definition) is 3. The Morgan fingerprint density at radius 3 is 2.55 bits per heavy atom. The number of alkyl carbamates (subject to hydrolysis) is 1. The number of ether oxygens (including phenoxy) is 1. The van der Waals surface area contributed by atoms with E-state index in [4.69, 9.17) is 10.5 Å². The van der Waals surface area contributed by atoms with Gasteiger partial charge in [0.25, 0.3) is 0 Å². The lowest BCUT2D eigenvalue weighted by Crippen LogP contribution is -2.51. The lowest BCUT2D eigenvalue weighted by molar-refractivity contribution is -0.0581. The van der Waals surface area contributed by atoms with Crippen LogP contribution >= 0.6 is 0 Å². The molecule has 1 aromatic rings. The van der Waals surface area contributed by atoms with Gasteiger partial charge in [-0.3, -0.25) is 0 Å². The molecule has 0 heterocycles. The van der Waals surface area contributed by atoms with E-state index in [9.17, 15) is 4.79 Å². The number of fused-ring (bicyclic) bond motifs is 5. The van der Waals surface area contributed by atoms with Crippen molar-refractivity contribution in [2.24, 2.45) is 46.3 Å². The number of rotatable bonds is 9. The van der Waals surface area contributed by atoms with Crippen LogP contribution in [0.4, 0.5) is 10.5 Å². The molecule has 4 heteroatoms. The molecule has 0 saturated heterocycles. The van der Waals surface area contributed by atoms with E-state index in [2.05, 4.69) is 46.0 Å². The molecule has 8 atom stereocenters. The SMILES string of the molecule is CC(C)CCCC(C)C1CCC2C3CC=C4CC(OC(=O)NCCc5ccc(N)cc5)CCC4(C)C3CCC12C. The van der Waals surface area contributed by atoms with Gasteiger partial charge in [0, 0.05) is 18.7 Å². The van der Waals surface area contributed by atoms with E-state index in [1.807, 2.05) is 24.3 Å².